The molecule has 2 heterocycles. The predicted octanol–water partition coefficient (Wildman–Crippen LogP) is 5.06. The second-order valence-corrected chi connectivity index (χ2v) is 15.6. The lowest BCUT2D eigenvalue weighted by molar-refractivity contribution is -0.162. The molecule has 0 N–H and O–H groups in total. The Morgan fingerprint density at radius 1 is 0.593 bits per heavy atom. The summed E-state index contributed by atoms with van der Waals surface area (Å²) in [4.78, 5) is 44.0. The van der Waals surface area contributed by atoms with E-state index in [4.69, 9.17) is 37.4 Å². The molecule has 0 unspecified atom stereocenters. The minimum Gasteiger partial charge on any atom is -0.480 e. The first-order valence-electron chi connectivity index (χ1n) is 17.5. The van der Waals surface area contributed by atoms with Crippen LogP contribution in [-0.4, -0.2) is 101 Å². The van der Waals surface area contributed by atoms with Crippen molar-refractivity contribution in [2.75, 3.05) is 75.4 Å². The highest BCUT2D eigenvalue weighted by molar-refractivity contribution is 7.88. The van der Waals surface area contributed by atoms with Crippen molar-refractivity contribution in [1.29, 1.82) is 0 Å². The van der Waals surface area contributed by atoms with Crippen LogP contribution < -0.4 is 19.3 Å². The van der Waals surface area contributed by atoms with Crippen LogP contribution in [0.4, 0.5) is 11.4 Å². The summed E-state index contributed by atoms with van der Waals surface area (Å²) < 4.78 is 44.1. The summed E-state index contributed by atoms with van der Waals surface area (Å²) in [5, 5.41) is 0.915. The molecule has 0 bridgehead atoms. The van der Waals surface area contributed by atoms with Gasteiger partial charge in [-0.25, -0.2) is 18.0 Å². The number of halogens is 2. The maximum absolute atomic E-state index is 13.0. The van der Waals surface area contributed by atoms with Crippen molar-refractivity contribution in [2.24, 2.45) is 0 Å². The van der Waals surface area contributed by atoms with Crippen LogP contribution in [0.3, 0.4) is 0 Å². The molecule has 4 aromatic rings. The van der Waals surface area contributed by atoms with Crippen LogP contribution in [0.2, 0.25) is 10.0 Å². The van der Waals surface area contributed by atoms with Crippen molar-refractivity contribution in [3.8, 4) is 11.5 Å². The fourth-order valence-corrected chi connectivity index (χ4v) is 8.19. The molecule has 1 amide bonds. The van der Waals surface area contributed by atoms with E-state index in [0.717, 1.165) is 11.1 Å². The molecule has 0 atom stereocenters. The average Bonchev–Trinajstić information content (AvgIpc) is 3.17. The molecule has 15 heteroatoms. The summed E-state index contributed by atoms with van der Waals surface area (Å²) in [6.07, 6.45) is 0.334. The molecule has 2 saturated heterocycles. The lowest BCUT2D eigenvalue weighted by Gasteiger charge is -2.36. The van der Waals surface area contributed by atoms with Gasteiger partial charge in [-0.3, -0.25) is 4.79 Å². The van der Waals surface area contributed by atoms with E-state index in [-0.39, 0.29) is 24.7 Å². The van der Waals surface area contributed by atoms with Gasteiger partial charge in [0, 0.05) is 62.4 Å². The monoisotopic (exact) mass is 794 g/mol. The zero-order valence-electron chi connectivity index (χ0n) is 29.4. The van der Waals surface area contributed by atoms with Crippen LogP contribution in [0.15, 0.2) is 97.1 Å². The molecule has 12 nitrogen and oxygen atoms in total. The van der Waals surface area contributed by atoms with E-state index >= 15 is 0 Å². The van der Waals surface area contributed by atoms with Gasteiger partial charge in [-0.2, -0.15) is 4.31 Å². The van der Waals surface area contributed by atoms with Crippen LogP contribution in [0, 0.1) is 0 Å². The Kier molecular flexibility index (Phi) is 13.0. The summed E-state index contributed by atoms with van der Waals surface area (Å²) in [5.74, 6) is -1.16. The van der Waals surface area contributed by atoms with E-state index in [1.165, 1.54) is 4.31 Å². The molecule has 0 aromatic heterocycles. The zero-order valence-corrected chi connectivity index (χ0v) is 31.8. The molecular weight excluding hydrogens is 755 g/mol. The lowest BCUT2D eigenvalue weighted by atomic mass is 10.1. The minimum absolute atomic E-state index is 0.0534. The summed E-state index contributed by atoms with van der Waals surface area (Å²) in [6, 6.07) is 28.5. The van der Waals surface area contributed by atoms with Gasteiger partial charge in [0.25, 0.3) is 0 Å². The molecule has 4 aromatic carbocycles. The molecular formula is C39H40Cl2N4O8S. The second-order valence-electron chi connectivity index (χ2n) is 12.8. The smallest absolute Gasteiger partial charge is 0.351 e. The highest BCUT2D eigenvalue weighted by Crippen LogP contribution is 2.34. The number of sulfonamides is 1. The number of ether oxygens (including phenoxy) is 3. The molecule has 0 aliphatic carbocycles. The summed E-state index contributed by atoms with van der Waals surface area (Å²) in [7, 11) is -3.52. The van der Waals surface area contributed by atoms with Crippen LogP contribution in [0.1, 0.15) is 11.1 Å². The Hall–Kier alpha value is -4.82. The highest BCUT2D eigenvalue weighted by Gasteiger charge is 2.29. The quantitative estimate of drug-likeness (QED) is 0.134. The molecule has 0 spiro atoms. The third-order valence-electron chi connectivity index (χ3n) is 9.10. The molecule has 2 aliphatic heterocycles. The first kappa shape index (κ1) is 38.9. The zero-order chi connectivity index (χ0) is 38.1. The van der Waals surface area contributed by atoms with Gasteiger partial charge in [-0.05, 0) is 47.5 Å². The van der Waals surface area contributed by atoms with Gasteiger partial charge in [0.05, 0.1) is 23.5 Å². The van der Waals surface area contributed by atoms with Crippen LogP contribution >= 0.6 is 23.2 Å². The van der Waals surface area contributed by atoms with E-state index < -0.39 is 35.2 Å². The average molecular weight is 796 g/mol. The maximum Gasteiger partial charge on any atom is 0.351 e. The number of esters is 2. The number of carbonyl (C=O) groups is 3. The standard InChI is InChI=1S/C39H40Cl2N4O8S/c40-31-11-13-35(33(24-31)42-15-17-44(18-16-42)37(46)23-29-7-3-1-4-8-29)51-26-38(47)53-39(48)27-52-36-14-12-32(41)25-34(36)43-19-21-45(22-20-43)54(49,50)28-30-9-5-2-6-10-30/h1-14,24-25H,15-23,26-28H2. The first-order valence-corrected chi connectivity index (χ1v) is 19.8. The second kappa shape index (κ2) is 18.0. The first-order chi connectivity index (χ1) is 26.0. The molecule has 6 rings (SSSR count). The number of benzene rings is 4. The molecule has 0 radical (unpaired) electrons. The van der Waals surface area contributed by atoms with E-state index in [2.05, 4.69) is 0 Å². The van der Waals surface area contributed by atoms with Gasteiger partial charge in [0.2, 0.25) is 15.9 Å². The van der Waals surface area contributed by atoms with E-state index in [0.29, 0.717) is 78.6 Å². The number of nitrogens with zero attached hydrogens (tertiary/aromatic N) is 4. The summed E-state index contributed by atoms with van der Waals surface area (Å²) in [5.41, 5.74) is 2.92. The number of anilines is 2. The van der Waals surface area contributed by atoms with Crippen molar-refractivity contribution in [3.63, 3.8) is 0 Å². The largest absolute Gasteiger partial charge is 0.480 e. The van der Waals surface area contributed by atoms with E-state index in [1.807, 2.05) is 63.2 Å². The minimum atomic E-state index is -3.52. The SMILES string of the molecule is O=C(COc1ccc(Cl)cc1N1CCN(C(=O)Cc2ccccc2)CC1)OC(=O)COc1ccc(Cl)cc1N1CCN(S(=O)(=O)Cc2ccccc2)CC1. The Balaban J connectivity index is 0.977. The van der Waals surface area contributed by atoms with Crippen molar-refractivity contribution in [2.45, 2.75) is 12.2 Å². The van der Waals surface area contributed by atoms with Gasteiger partial charge in [-0.15, -0.1) is 0 Å². The number of hydrogen-bond donors (Lipinski definition) is 0. The van der Waals surface area contributed by atoms with Gasteiger partial charge >= 0.3 is 11.9 Å². The Bertz CT molecular complexity index is 2040. The van der Waals surface area contributed by atoms with Crippen LogP contribution in [-0.2, 0) is 41.3 Å². The number of amides is 1. The van der Waals surface area contributed by atoms with Gasteiger partial charge in [-0.1, -0.05) is 83.9 Å². The fraction of sp³-hybridized carbons (Fsp3) is 0.308. The predicted molar refractivity (Wildman–Crippen MR) is 207 cm³/mol. The number of carbonyl (C=O) groups excluding carboxylic acids is 3. The number of hydrogen-bond acceptors (Lipinski definition) is 10. The third kappa shape index (κ3) is 10.4. The van der Waals surface area contributed by atoms with Crippen LogP contribution in [0.25, 0.3) is 0 Å². The maximum atomic E-state index is 13.0. The van der Waals surface area contributed by atoms with Gasteiger partial charge < -0.3 is 28.9 Å². The molecule has 0 saturated carbocycles. The molecule has 2 aliphatic rings. The topological polar surface area (TPSA) is 126 Å². The Labute approximate surface area is 324 Å². The number of rotatable bonds is 13. The number of piperazine rings is 2. The van der Waals surface area contributed by atoms with Crippen molar-refractivity contribution >= 4 is 62.4 Å². The van der Waals surface area contributed by atoms with E-state index in [9.17, 15) is 22.8 Å². The van der Waals surface area contributed by atoms with Gasteiger partial charge in [0.15, 0.2) is 13.2 Å². The Morgan fingerprint density at radius 2 is 1.06 bits per heavy atom. The van der Waals surface area contributed by atoms with Crippen LogP contribution in [0.5, 0.6) is 11.5 Å². The van der Waals surface area contributed by atoms with Crippen molar-refractivity contribution < 1.29 is 37.0 Å². The Morgan fingerprint density at radius 3 is 1.56 bits per heavy atom. The summed E-state index contributed by atoms with van der Waals surface area (Å²) >= 11 is 12.6. The van der Waals surface area contributed by atoms with Crippen molar-refractivity contribution in [1.82, 2.24) is 9.21 Å². The molecule has 284 valence electrons. The fourth-order valence-electron chi connectivity index (χ4n) is 6.34. The third-order valence-corrected chi connectivity index (χ3v) is 11.4. The highest BCUT2D eigenvalue weighted by atomic mass is 35.5. The molecule has 2 fully saturated rings. The summed E-state index contributed by atoms with van der Waals surface area (Å²) in [6.45, 7) is 2.26. The normalized spacial score (nSPS) is 15.1. The molecule has 54 heavy (non-hydrogen) atoms. The van der Waals surface area contributed by atoms with Crippen molar-refractivity contribution in [3.05, 3.63) is 118 Å². The van der Waals surface area contributed by atoms with Gasteiger partial charge in [0.1, 0.15) is 11.5 Å². The van der Waals surface area contributed by atoms with E-state index in [1.54, 1.807) is 48.5 Å². The lowest BCUT2D eigenvalue weighted by Crippen LogP contribution is -2.49.